The third-order valence-corrected chi connectivity index (χ3v) is 13.2. The molecule has 2 heterocycles. The van der Waals surface area contributed by atoms with Gasteiger partial charge in [-0.3, -0.25) is 4.57 Å². The summed E-state index contributed by atoms with van der Waals surface area (Å²) in [5.41, 5.74) is 14.8. The Morgan fingerprint density at radius 2 is 1.06 bits per heavy atom. The molecule has 12 rings (SSSR count). The quantitative estimate of drug-likeness (QED) is 0.121. The van der Waals surface area contributed by atoms with Crippen molar-refractivity contribution in [1.82, 2.24) is 14.5 Å². The van der Waals surface area contributed by atoms with Crippen LogP contribution in [0.5, 0.6) is 5.75 Å². The monoisotopic (exact) mass is 898 g/mol. The Labute approximate surface area is 407 Å². The lowest BCUT2D eigenvalue weighted by molar-refractivity contribution is 0.519. The molecule has 10 aromatic carbocycles. The molecule has 332 valence electrons. The Balaban J connectivity index is 1.04. The number of fused-ring (bicyclic) bond motifs is 5. The van der Waals surface area contributed by atoms with Crippen LogP contribution in [-0.2, 0) is 0 Å². The van der Waals surface area contributed by atoms with Gasteiger partial charge in [-0.15, -0.1) is 0 Å². The zero-order chi connectivity index (χ0) is 47.1. The molecule has 70 heavy (non-hydrogen) atoms. The summed E-state index contributed by atoms with van der Waals surface area (Å²) < 4.78 is 9.14. The molecule has 0 fully saturated rings. The number of benzene rings is 10. The average molecular weight is 899 g/mol. The second-order valence-electron chi connectivity index (χ2n) is 17.6. The lowest BCUT2D eigenvalue weighted by Crippen LogP contribution is -2.09. The highest BCUT2D eigenvalue weighted by molar-refractivity contribution is 6.13. The number of aromatic nitrogens is 3. The minimum absolute atomic E-state index is 0.527. The van der Waals surface area contributed by atoms with Crippen LogP contribution < -0.4 is 9.64 Å². The molecule has 0 radical (unpaired) electrons. The molecule has 0 N–H and O–H groups in total. The molecule has 0 bridgehead atoms. The van der Waals surface area contributed by atoms with Gasteiger partial charge in [0.2, 0.25) is 5.95 Å². The zero-order valence-corrected chi connectivity index (χ0v) is 38.6. The SMILES string of the molecule is C=C(Oc1c(C(=C)C)ccc2c3cc(-c4ccc(N(c5ccccc5)c5ccccc5)cc4)ccc3n(-c3nc(-c4ccc(-c5cccc6ccccc56)cc4)c4ccccc4n3)c12)c1ccccc1. The topological polar surface area (TPSA) is 43.2 Å². The molecule has 0 spiro atoms. The van der Waals surface area contributed by atoms with E-state index in [9.17, 15) is 0 Å². The van der Waals surface area contributed by atoms with E-state index in [4.69, 9.17) is 14.7 Å². The van der Waals surface area contributed by atoms with Crippen molar-refractivity contribution >= 4 is 71.9 Å². The zero-order valence-electron chi connectivity index (χ0n) is 38.6. The molecule has 0 amide bonds. The van der Waals surface area contributed by atoms with E-state index in [0.29, 0.717) is 17.5 Å². The van der Waals surface area contributed by atoms with Crippen LogP contribution in [0.25, 0.3) is 94.3 Å². The van der Waals surface area contributed by atoms with Gasteiger partial charge in [0, 0.05) is 49.9 Å². The first-order valence-electron chi connectivity index (χ1n) is 23.5. The number of hydrogen-bond acceptors (Lipinski definition) is 4. The van der Waals surface area contributed by atoms with Gasteiger partial charge in [-0.25, -0.2) is 9.97 Å². The van der Waals surface area contributed by atoms with E-state index in [-0.39, 0.29) is 0 Å². The number of ether oxygens (including phenoxy) is 1. The van der Waals surface area contributed by atoms with Crippen LogP contribution in [0.1, 0.15) is 18.1 Å². The van der Waals surface area contributed by atoms with Gasteiger partial charge < -0.3 is 9.64 Å². The number of hydrogen-bond donors (Lipinski definition) is 0. The summed E-state index contributed by atoms with van der Waals surface area (Å²) in [5, 5.41) is 5.43. The third-order valence-electron chi connectivity index (χ3n) is 13.2. The lowest BCUT2D eigenvalue weighted by atomic mass is 9.96. The first-order valence-corrected chi connectivity index (χ1v) is 23.5. The molecule has 12 aromatic rings. The van der Waals surface area contributed by atoms with Crippen LogP contribution in [-0.4, -0.2) is 14.5 Å². The summed E-state index contributed by atoms with van der Waals surface area (Å²) in [5.74, 6) is 1.69. The number of para-hydroxylation sites is 3. The van der Waals surface area contributed by atoms with E-state index < -0.39 is 0 Å². The highest BCUT2D eigenvalue weighted by Gasteiger charge is 2.24. The molecule has 5 heteroatoms. The normalized spacial score (nSPS) is 11.3. The van der Waals surface area contributed by atoms with Gasteiger partial charge in [0.1, 0.15) is 11.3 Å². The standard InChI is InChI=1S/C65H46N4O/c1-43(2)54-39-40-57-59-42-50(46-34-37-53(38-35-46)68(51-22-9-5-10-23-51)52-24-11-6-12-25-52)36-41-61(59)69(63(57)64(54)70-44(3)45-18-7-4-8-19-45)65-66-60-29-16-15-27-58(60)62(67-65)49-32-30-48(31-33-49)56-28-17-21-47-20-13-14-26-55(47)56/h4-42H,1,3H2,2H3. The van der Waals surface area contributed by atoms with Gasteiger partial charge in [0.25, 0.3) is 0 Å². The van der Waals surface area contributed by atoms with Crippen LogP contribution in [0.15, 0.2) is 250 Å². The summed E-state index contributed by atoms with van der Waals surface area (Å²) in [6, 6.07) is 82.7. The van der Waals surface area contributed by atoms with E-state index in [1.54, 1.807) is 0 Å². The van der Waals surface area contributed by atoms with Crippen LogP contribution in [0.4, 0.5) is 17.1 Å². The number of anilines is 3. The predicted octanol–water partition coefficient (Wildman–Crippen LogP) is 17.4. The largest absolute Gasteiger partial charge is 0.454 e. The molecule has 0 atom stereocenters. The Morgan fingerprint density at radius 1 is 0.471 bits per heavy atom. The Hall–Kier alpha value is -9.32. The minimum Gasteiger partial charge on any atom is -0.454 e. The van der Waals surface area contributed by atoms with E-state index in [2.05, 4.69) is 211 Å². The second-order valence-corrected chi connectivity index (χ2v) is 17.6. The van der Waals surface area contributed by atoms with E-state index in [0.717, 1.165) is 94.4 Å². The maximum atomic E-state index is 6.97. The van der Waals surface area contributed by atoms with Crippen molar-refractivity contribution in [3.05, 3.63) is 261 Å². The van der Waals surface area contributed by atoms with Gasteiger partial charge in [0.05, 0.1) is 16.7 Å². The number of nitrogens with zero attached hydrogens (tertiary/aromatic N) is 4. The van der Waals surface area contributed by atoms with E-state index in [1.165, 1.54) is 16.3 Å². The van der Waals surface area contributed by atoms with Gasteiger partial charge in [-0.05, 0) is 100 Å². The Bertz CT molecular complexity index is 3890. The minimum atomic E-state index is 0.527. The van der Waals surface area contributed by atoms with Crippen molar-refractivity contribution in [2.45, 2.75) is 6.92 Å². The van der Waals surface area contributed by atoms with Crippen molar-refractivity contribution in [3.63, 3.8) is 0 Å². The van der Waals surface area contributed by atoms with Crippen molar-refractivity contribution in [1.29, 1.82) is 0 Å². The second kappa shape index (κ2) is 17.7. The first kappa shape index (κ1) is 42.1. The van der Waals surface area contributed by atoms with Gasteiger partial charge in [0.15, 0.2) is 5.75 Å². The first-order chi connectivity index (χ1) is 34.5. The summed E-state index contributed by atoms with van der Waals surface area (Å²) in [6.45, 7) is 10.9. The molecule has 0 aliphatic rings. The molecular weight excluding hydrogens is 853 g/mol. The maximum absolute atomic E-state index is 6.97. The van der Waals surface area contributed by atoms with E-state index in [1.807, 2.05) is 55.5 Å². The van der Waals surface area contributed by atoms with Crippen LogP contribution >= 0.6 is 0 Å². The number of rotatable bonds is 11. The smallest absolute Gasteiger partial charge is 0.235 e. The molecule has 0 aliphatic carbocycles. The Kier molecular flexibility index (Phi) is 10.6. The van der Waals surface area contributed by atoms with Crippen molar-refractivity contribution in [2.24, 2.45) is 0 Å². The fourth-order valence-electron chi connectivity index (χ4n) is 9.78. The molecule has 0 saturated heterocycles. The van der Waals surface area contributed by atoms with Gasteiger partial charge in [-0.1, -0.05) is 195 Å². The summed E-state index contributed by atoms with van der Waals surface area (Å²) in [7, 11) is 0. The Morgan fingerprint density at radius 3 is 1.77 bits per heavy atom. The molecule has 5 nitrogen and oxygen atoms in total. The highest BCUT2D eigenvalue weighted by atomic mass is 16.5. The fourth-order valence-corrected chi connectivity index (χ4v) is 9.78. The molecule has 0 saturated carbocycles. The highest BCUT2D eigenvalue weighted by Crippen LogP contribution is 2.44. The van der Waals surface area contributed by atoms with Crippen molar-refractivity contribution in [3.8, 4) is 45.2 Å². The third kappa shape index (κ3) is 7.56. The molecule has 0 aliphatic heterocycles. The van der Waals surface area contributed by atoms with Crippen LogP contribution in [0, 0.1) is 0 Å². The molecule has 2 aromatic heterocycles. The predicted molar refractivity (Wildman–Crippen MR) is 293 cm³/mol. The van der Waals surface area contributed by atoms with Gasteiger partial charge >= 0.3 is 0 Å². The van der Waals surface area contributed by atoms with Crippen molar-refractivity contribution in [2.75, 3.05) is 4.90 Å². The molecular formula is C65H46N4O. The van der Waals surface area contributed by atoms with Crippen LogP contribution in [0.3, 0.4) is 0 Å². The van der Waals surface area contributed by atoms with E-state index >= 15 is 0 Å². The lowest BCUT2D eigenvalue weighted by Gasteiger charge is -2.25. The van der Waals surface area contributed by atoms with Crippen LogP contribution in [0.2, 0.25) is 0 Å². The van der Waals surface area contributed by atoms with Crippen molar-refractivity contribution < 1.29 is 4.74 Å². The maximum Gasteiger partial charge on any atom is 0.235 e. The fraction of sp³-hybridized carbons (Fsp3) is 0.0154. The summed E-state index contributed by atoms with van der Waals surface area (Å²) >= 11 is 0. The van der Waals surface area contributed by atoms with Gasteiger partial charge in [-0.2, -0.15) is 0 Å². The summed E-state index contributed by atoms with van der Waals surface area (Å²) in [4.78, 5) is 13.2. The summed E-state index contributed by atoms with van der Waals surface area (Å²) in [6.07, 6.45) is 0. The number of allylic oxidation sites excluding steroid dienone is 1. The average Bonchev–Trinajstić information content (AvgIpc) is 3.76. The molecule has 0 unspecified atom stereocenters.